The Kier molecular flexibility index (Phi) is 6.22. The first-order chi connectivity index (χ1) is 10.7. The van der Waals surface area contributed by atoms with E-state index in [1.165, 1.54) is 12.8 Å². The molecule has 1 aliphatic heterocycles. The smallest absolute Gasteiger partial charge is 0.255 e. The average molecular weight is 303 g/mol. The van der Waals surface area contributed by atoms with E-state index in [0.717, 1.165) is 50.3 Å². The number of rotatable bonds is 6. The van der Waals surface area contributed by atoms with Crippen molar-refractivity contribution in [2.75, 3.05) is 31.1 Å². The summed E-state index contributed by atoms with van der Waals surface area (Å²) in [6.07, 6.45) is 8.09. The number of amides is 1. The predicted octanol–water partition coefficient (Wildman–Crippen LogP) is 3.58. The first-order valence-corrected chi connectivity index (χ1v) is 8.65. The molecule has 122 valence electrons. The molecule has 0 aliphatic carbocycles. The van der Waals surface area contributed by atoms with Crippen LogP contribution in [0.1, 0.15) is 56.8 Å². The third-order valence-electron chi connectivity index (χ3n) is 4.27. The Morgan fingerprint density at radius 1 is 1.32 bits per heavy atom. The van der Waals surface area contributed by atoms with Gasteiger partial charge in [-0.2, -0.15) is 0 Å². The highest BCUT2D eigenvalue weighted by molar-refractivity contribution is 5.94. The number of nitrogens with zero attached hydrogens (tertiary/aromatic N) is 3. The molecule has 1 saturated heterocycles. The molecule has 0 radical (unpaired) electrons. The SMILES string of the molecule is CCCN(CCC)C(=O)c1cncc(N2CCCC(C)C2)c1. The molecule has 2 rings (SSSR count). The second-order valence-electron chi connectivity index (χ2n) is 6.42. The van der Waals surface area contributed by atoms with Gasteiger partial charge in [0.05, 0.1) is 17.4 Å². The minimum atomic E-state index is 0.114. The van der Waals surface area contributed by atoms with E-state index in [4.69, 9.17) is 0 Å². The molecule has 1 atom stereocenters. The zero-order valence-electron chi connectivity index (χ0n) is 14.2. The summed E-state index contributed by atoms with van der Waals surface area (Å²) in [7, 11) is 0. The third-order valence-corrected chi connectivity index (χ3v) is 4.27. The van der Waals surface area contributed by atoms with E-state index < -0.39 is 0 Å². The van der Waals surface area contributed by atoms with Gasteiger partial charge in [-0.05, 0) is 37.7 Å². The Morgan fingerprint density at radius 3 is 2.68 bits per heavy atom. The molecule has 1 aromatic rings. The minimum absolute atomic E-state index is 0.114. The molecule has 0 bridgehead atoms. The Hall–Kier alpha value is -1.58. The summed E-state index contributed by atoms with van der Waals surface area (Å²) in [4.78, 5) is 21.3. The van der Waals surface area contributed by atoms with Gasteiger partial charge in [0.15, 0.2) is 0 Å². The zero-order valence-corrected chi connectivity index (χ0v) is 14.2. The van der Waals surface area contributed by atoms with Crippen LogP contribution in [0.2, 0.25) is 0 Å². The fourth-order valence-electron chi connectivity index (χ4n) is 3.18. The van der Waals surface area contributed by atoms with E-state index in [0.29, 0.717) is 5.92 Å². The molecule has 0 N–H and O–H groups in total. The monoisotopic (exact) mass is 303 g/mol. The van der Waals surface area contributed by atoms with E-state index in [2.05, 4.69) is 30.7 Å². The van der Waals surface area contributed by atoms with Gasteiger partial charge in [-0.3, -0.25) is 9.78 Å². The van der Waals surface area contributed by atoms with Crippen LogP contribution < -0.4 is 4.90 Å². The molecule has 1 amide bonds. The highest BCUT2D eigenvalue weighted by atomic mass is 16.2. The molecule has 22 heavy (non-hydrogen) atoms. The van der Waals surface area contributed by atoms with Gasteiger partial charge in [-0.15, -0.1) is 0 Å². The van der Waals surface area contributed by atoms with Crippen molar-refractivity contribution in [2.45, 2.75) is 46.5 Å². The van der Waals surface area contributed by atoms with Crippen LogP contribution in [0.4, 0.5) is 5.69 Å². The van der Waals surface area contributed by atoms with Crippen LogP contribution >= 0.6 is 0 Å². The first-order valence-electron chi connectivity index (χ1n) is 8.65. The van der Waals surface area contributed by atoms with Gasteiger partial charge in [0.2, 0.25) is 0 Å². The Labute approximate surface area is 134 Å². The number of aromatic nitrogens is 1. The van der Waals surface area contributed by atoms with Crippen molar-refractivity contribution in [3.05, 3.63) is 24.0 Å². The largest absolute Gasteiger partial charge is 0.370 e. The van der Waals surface area contributed by atoms with Crippen molar-refractivity contribution in [3.63, 3.8) is 0 Å². The Bertz CT molecular complexity index is 483. The molecule has 4 heteroatoms. The lowest BCUT2D eigenvalue weighted by Crippen LogP contribution is -2.35. The number of anilines is 1. The van der Waals surface area contributed by atoms with Gasteiger partial charge < -0.3 is 9.80 Å². The normalized spacial score (nSPS) is 18.3. The van der Waals surface area contributed by atoms with Gasteiger partial charge in [0, 0.05) is 32.4 Å². The highest BCUT2D eigenvalue weighted by Gasteiger charge is 2.19. The summed E-state index contributed by atoms with van der Waals surface area (Å²) in [5.41, 5.74) is 1.81. The standard InChI is InChI=1S/C18H29N3O/c1-4-8-20(9-5-2)18(22)16-11-17(13-19-12-16)21-10-6-7-15(3)14-21/h11-13,15H,4-10,14H2,1-3H3. The predicted molar refractivity (Wildman–Crippen MR) is 91.3 cm³/mol. The molecule has 1 unspecified atom stereocenters. The maximum Gasteiger partial charge on any atom is 0.255 e. The quantitative estimate of drug-likeness (QED) is 0.806. The van der Waals surface area contributed by atoms with Gasteiger partial charge in [0.25, 0.3) is 5.91 Å². The fourth-order valence-corrected chi connectivity index (χ4v) is 3.18. The molecule has 0 aromatic carbocycles. The van der Waals surface area contributed by atoms with Crippen LogP contribution in [0.5, 0.6) is 0 Å². The molecule has 1 aromatic heterocycles. The van der Waals surface area contributed by atoms with Crippen molar-refractivity contribution in [3.8, 4) is 0 Å². The molecule has 1 fully saturated rings. The summed E-state index contributed by atoms with van der Waals surface area (Å²) in [5, 5.41) is 0. The molecule has 1 aliphatic rings. The van der Waals surface area contributed by atoms with E-state index in [-0.39, 0.29) is 5.91 Å². The first kappa shape index (κ1) is 16.8. The molecule has 0 saturated carbocycles. The van der Waals surface area contributed by atoms with Crippen molar-refractivity contribution in [2.24, 2.45) is 5.92 Å². The van der Waals surface area contributed by atoms with Crippen LogP contribution in [-0.4, -0.2) is 42.0 Å². The lowest BCUT2D eigenvalue weighted by molar-refractivity contribution is 0.0755. The van der Waals surface area contributed by atoms with Crippen LogP contribution in [0.25, 0.3) is 0 Å². The Morgan fingerprint density at radius 2 is 2.05 bits per heavy atom. The molecule has 0 spiro atoms. The summed E-state index contributed by atoms with van der Waals surface area (Å²) in [5.74, 6) is 0.827. The van der Waals surface area contributed by atoms with E-state index >= 15 is 0 Å². The van der Waals surface area contributed by atoms with Crippen LogP contribution in [0.3, 0.4) is 0 Å². The van der Waals surface area contributed by atoms with Crippen molar-refractivity contribution < 1.29 is 4.79 Å². The number of hydrogen-bond acceptors (Lipinski definition) is 3. The van der Waals surface area contributed by atoms with Gasteiger partial charge in [-0.1, -0.05) is 20.8 Å². The summed E-state index contributed by atoms with van der Waals surface area (Å²) in [6, 6.07) is 2.02. The van der Waals surface area contributed by atoms with Crippen LogP contribution in [-0.2, 0) is 0 Å². The lowest BCUT2D eigenvalue weighted by atomic mass is 10.00. The topological polar surface area (TPSA) is 36.4 Å². The summed E-state index contributed by atoms with van der Waals surface area (Å²) >= 11 is 0. The van der Waals surface area contributed by atoms with Crippen LogP contribution in [0, 0.1) is 5.92 Å². The highest BCUT2D eigenvalue weighted by Crippen LogP contribution is 2.23. The maximum atomic E-state index is 12.7. The third kappa shape index (κ3) is 4.21. The van der Waals surface area contributed by atoms with E-state index in [9.17, 15) is 4.79 Å². The van der Waals surface area contributed by atoms with Crippen LogP contribution in [0.15, 0.2) is 18.5 Å². The average Bonchev–Trinajstić information content (AvgIpc) is 2.54. The fraction of sp³-hybridized carbons (Fsp3) is 0.667. The van der Waals surface area contributed by atoms with E-state index in [1.54, 1.807) is 6.20 Å². The maximum absolute atomic E-state index is 12.7. The van der Waals surface area contributed by atoms with Gasteiger partial charge in [0.1, 0.15) is 0 Å². The number of pyridine rings is 1. The summed E-state index contributed by atoms with van der Waals surface area (Å²) < 4.78 is 0. The zero-order chi connectivity index (χ0) is 15.9. The van der Waals surface area contributed by atoms with E-state index in [1.807, 2.05) is 17.2 Å². The number of carbonyl (C=O) groups excluding carboxylic acids is 1. The van der Waals surface area contributed by atoms with Gasteiger partial charge in [-0.25, -0.2) is 0 Å². The number of hydrogen-bond donors (Lipinski definition) is 0. The van der Waals surface area contributed by atoms with Crippen molar-refractivity contribution in [1.82, 2.24) is 9.88 Å². The van der Waals surface area contributed by atoms with Crippen molar-refractivity contribution >= 4 is 11.6 Å². The molecular formula is C18H29N3O. The molecule has 2 heterocycles. The summed E-state index contributed by atoms with van der Waals surface area (Å²) in [6.45, 7) is 10.3. The molecular weight excluding hydrogens is 274 g/mol. The Balaban J connectivity index is 2.14. The number of carbonyl (C=O) groups is 1. The lowest BCUT2D eigenvalue weighted by Gasteiger charge is -2.32. The molecule has 4 nitrogen and oxygen atoms in total. The second-order valence-corrected chi connectivity index (χ2v) is 6.42. The number of piperidine rings is 1. The second kappa shape index (κ2) is 8.16. The minimum Gasteiger partial charge on any atom is -0.370 e. The van der Waals surface area contributed by atoms with Crippen molar-refractivity contribution in [1.29, 1.82) is 0 Å². The van der Waals surface area contributed by atoms with Gasteiger partial charge >= 0.3 is 0 Å².